The Bertz CT molecular complexity index is 604. The van der Waals surface area contributed by atoms with Crippen LogP contribution in [0.2, 0.25) is 0 Å². The molecule has 0 N–H and O–H groups in total. The van der Waals surface area contributed by atoms with E-state index in [4.69, 9.17) is 0 Å². The monoisotopic (exact) mass is 263 g/mol. The molecule has 0 aliphatic rings. The molecule has 0 saturated carbocycles. The molecular formula is C14H14FNOS. The Balaban J connectivity index is 2.62. The van der Waals surface area contributed by atoms with Crippen molar-refractivity contribution >= 4 is 11.8 Å². The molecule has 0 aliphatic carbocycles. The SMILES string of the molecule is CCn1cc(SC)c(=O)c(-c2ccc(F)cc2)c1. The highest BCUT2D eigenvalue weighted by atomic mass is 32.2. The van der Waals surface area contributed by atoms with Gasteiger partial charge in [0.05, 0.1) is 4.90 Å². The van der Waals surface area contributed by atoms with Gasteiger partial charge in [0.15, 0.2) is 0 Å². The van der Waals surface area contributed by atoms with Crippen LogP contribution in [-0.4, -0.2) is 10.8 Å². The third-order valence-corrected chi connectivity index (χ3v) is 3.52. The van der Waals surface area contributed by atoms with E-state index in [0.717, 1.165) is 12.1 Å². The summed E-state index contributed by atoms with van der Waals surface area (Å²) in [4.78, 5) is 12.9. The van der Waals surface area contributed by atoms with E-state index in [2.05, 4.69) is 0 Å². The van der Waals surface area contributed by atoms with Crippen LogP contribution in [0.4, 0.5) is 4.39 Å². The summed E-state index contributed by atoms with van der Waals surface area (Å²) in [6, 6.07) is 6.01. The zero-order valence-electron chi connectivity index (χ0n) is 10.3. The van der Waals surface area contributed by atoms with Gasteiger partial charge < -0.3 is 4.57 Å². The third-order valence-electron chi connectivity index (χ3n) is 2.79. The first-order chi connectivity index (χ1) is 8.65. The lowest BCUT2D eigenvalue weighted by molar-refractivity contribution is 0.628. The van der Waals surface area contributed by atoms with E-state index < -0.39 is 0 Å². The number of rotatable bonds is 3. The molecule has 1 aromatic heterocycles. The number of nitrogens with zero attached hydrogens (tertiary/aromatic N) is 1. The molecule has 2 nitrogen and oxygen atoms in total. The average molecular weight is 263 g/mol. The first-order valence-electron chi connectivity index (χ1n) is 5.69. The summed E-state index contributed by atoms with van der Waals surface area (Å²) in [5.74, 6) is -0.296. The van der Waals surface area contributed by atoms with Crippen LogP contribution in [-0.2, 0) is 6.54 Å². The molecule has 0 spiro atoms. The van der Waals surface area contributed by atoms with Gasteiger partial charge in [0.2, 0.25) is 5.43 Å². The molecule has 0 radical (unpaired) electrons. The summed E-state index contributed by atoms with van der Waals surface area (Å²) in [6.45, 7) is 2.81. The molecule has 2 aromatic rings. The van der Waals surface area contributed by atoms with Gasteiger partial charge in [-0.2, -0.15) is 0 Å². The maximum absolute atomic E-state index is 12.9. The average Bonchev–Trinajstić information content (AvgIpc) is 2.40. The van der Waals surface area contributed by atoms with E-state index in [0.29, 0.717) is 10.5 Å². The molecule has 18 heavy (non-hydrogen) atoms. The third kappa shape index (κ3) is 2.48. The van der Waals surface area contributed by atoms with Gasteiger partial charge in [-0.3, -0.25) is 4.79 Å². The Hall–Kier alpha value is -1.55. The van der Waals surface area contributed by atoms with Crippen molar-refractivity contribution in [2.75, 3.05) is 6.26 Å². The summed E-state index contributed by atoms with van der Waals surface area (Å²) in [5, 5.41) is 0. The number of benzene rings is 1. The fraction of sp³-hybridized carbons (Fsp3) is 0.214. The van der Waals surface area contributed by atoms with Crippen molar-refractivity contribution in [1.82, 2.24) is 4.57 Å². The molecule has 0 amide bonds. The van der Waals surface area contributed by atoms with Gasteiger partial charge in [0.25, 0.3) is 0 Å². The molecule has 0 atom stereocenters. The van der Waals surface area contributed by atoms with Crippen LogP contribution >= 0.6 is 11.8 Å². The Morgan fingerprint density at radius 3 is 2.44 bits per heavy atom. The molecule has 0 saturated heterocycles. The molecule has 0 bridgehead atoms. The highest BCUT2D eigenvalue weighted by Crippen LogP contribution is 2.19. The Kier molecular flexibility index (Phi) is 3.87. The van der Waals surface area contributed by atoms with Crippen molar-refractivity contribution in [1.29, 1.82) is 0 Å². The van der Waals surface area contributed by atoms with Crippen LogP contribution in [0.15, 0.2) is 46.3 Å². The lowest BCUT2D eigenvalue weighted by atomic mass is 10.1. The number of aryl methyl sites for hydroxylation is 1. The van der Waals surface area contributed by atoms with Crippen LogP contribution in [0, 0.1) is 5.82 Å². The van der Waals surface area contributed by atoms with Crippen LogP contribution in [0.1, 0.15) is 6.92 Å². The predicted molar refractivity (Wildman–Crippen MR) is 73.6 cm³/mol. The van der Waals surface area contributed by atoms with Gasteiger partial charge in [0.1, 0.15) is 5.82 Å². The lowest BCUT2D eigenvalue weighted by Crippen LogP contribution is -2.11. The second kappa shape index (κ2) is 5.40. The number of aromatic nitrogens is 1. The normalized spacial score (nSPS) is 10.6. The van der Waals surface area contributed by atoms with Crippen molar-refractivity contribution < 1.29 is 4.39 Å². The summed E-state index contributed by atoms with van der Waals surface area (Å²) in [7, 11) is 0. The predicted octanol–water partition coefficient (Wildman–Crippen LogP) is 3.40. The molecule has 1 heterocycles. The van der Waals surface area contributed by atoms with Crippen molar-refractivity contribution in [3.63, 3.8) is 0 Å². The molecule has 1 aromatic carbocycles. The Labute approximate surface area is 109 Å². The highest BCUT2D eigenvalue weighted by Gasteiger charge is 2.08. The molecular weight excluding hydrogens is 249 g/mol. The molecule has 0 fully saturated rings. The standard InChI is InChI=1S/C14H14FNOS/c1-3-16-8-12(14(17)13(9-16)18-2)10-4-6-11(15)7-5-10/h4-9H,3H2,1-2H3. The topological polar surface area (TPSA) is 22.0 Å². The van der Waals surface area contributed by atoms with Crippen LogP contribution < -0.4 is 5.43 Å². The second-order valence-corrected chi connectivity index (χ2v) is 4.75. The number of pyridine rings is 1. The first kappa shape index (κ1) is 12.9. The zero-order valence-corrected chi connectivity index (χ0v) is 11.1. The van der Waals surface area contributed by atoms with Crippen molar-refractivity contribution in [3.8, 4) is 11.1 Å². The minimum absolute atomic E-state index is 0.00110. The first-order valence-corrected chi connectivity index (χ1v) is 6.92. The lowest BCUT2D eigenvalue weighted by Gasteiger charge is -2.09. The van der Waals surface area contributed by atoms with Gasteiger partial charge in [-0.25, -0.2) is 4.39 Å². The smallest absolute Gasteiger partial charge is 0.202 e. The van der Waals surface area contributed by atoms with E-state index in [1.165, 1.54) is 23.9 Å². The van der Waals surface area contributed by atoms with Gasteiger partial charge in [0, 0.05) is 24.5 Å². The molecule has 94 valence electrons. The fourth-order valence-corrected chi connectivity index (χ4v) is 2.30. The minimum Gasteiger partial charge on any atom is -0.353 e. The summed E-state index contributed by atoms with van der Waals surface area (Å²) < 4.78 is 14.9. The number of thioether (sulfide) groups is 1. The van der Waals surface area contributed by atoms with Crippen molar-refractivity contribution in [2.45, 2.75) is 18.4 Å². The number of hydrogen-bond donors (Lipinski definition) is 0. The molecule has 0 aliphatic heterocycles. The summed E-state index contributed by atoms with van der Waals surface area (Å²) >= 11 is 1.43. The van der Waals surface area contributed by atoms with E-state index in [1.54, 1.807) is 12.1 Å². The van der Waals surface area contributed by atoms with Crippen molar-refractivity contribution in [3.05, 3.63) is 52.7 Å². The highest BCUT2D eigenvalue weighted by molar-refractivity contribution is 7.98. The number of hydrogen-bond acceptors (Lipinski definition) is 2. The van der Waals surface area contributed by atoms with Gasteiger partial charge >= 0.3 is 0 Å². The Morgan fingerprint density at radius 2 is 1.89 bits per heavy atom. The van der Waals surface area contributed by atoms with E-state index >= 15 is 0 Å². The van der Waals surface area contributed by atoms with Gasteiger partial charge in [-0.05, 0) is 30.9 Å². The van der Waals surface area contributed by atoms with Gasteiger partial charge in [-0.15, -0.1) is 11.8 Å². The second-order valence-electron chi connectivity index (χ2n) is 3.91. The fourth-order valence-electron chi connectivity index (χ4n) is 1.77. The molecule has 0 unspecified atom stereocenters. The largest absolute Gasteiger partial charge is 0.353 e. The molecule has 2 rings (SSSR count). The maximum Gasteiger partial charge on any atom is 0.202 e. The van der Waals surface area contributed by atoms with E-state index in [9.17, 15) is 9.18 Å². The van der Waals surface area contributed by atoms with Crippen LogP contribution in [0.3, 0.4) is 0 Å². The van der Waals surface area contributed by atoms with Crippen molar-refractivity contribution in [2.24, 2.45) is 0 Å². The zero-order chi connectivity index (χ0) is 13.1. The number of halogens is 1. The van der Waals surface area contributed by atoms with Crippen LogP contribution in [0.5, 0.6) is 0 Å². The van der Waals surface area contributed by atoms with Crippen LogP contribution in [0.25, 0.3) is 11.1 Å². The molecule has 4 heteroatoms. The minimum atomic E-state index is -0.296. The Morgan fingerprint density at radius 1 is 1.22 bits per heavy atom. The van der Waals surface area contributed by atoms with E-state index in [-0.39, 0.29) is 11.2 Å². The maximum atomic E-state index is 12.9. The summed E-state index contributed by atoms with van der Waals surface area (Å²) in [6.07, 6.45) is 5.54. The van der Waals surface area contributed by atoms with Gasteiger partial charge in [-0.1, -0.05) is 12.1 Å². The summed E-state index contributed by atoms with van der Waals surface area (Å²) in [5.41, 5.74) is 1.36. The quantitative estimate of drug-likeness (QED) is 0.792. The van der Waals surface area contributed by atoms with E-state index in [1.807, 2.05) is 30.1 Å².